The number of aliphatic carboxylic acids is 2. The normalized spacial score (nSPS) is 13.8. The predicted octanol–water partition coefficient (Wildman–Crippen LogP) is -0.153. The Hall–Kier alpha value is -1.63. The molecule has 0 saturated heterocycles. The van der Waals surface area contributed by atoms with E-state index >= 15 is 0 Å². The van der Waals surface area contributed by atoms with Gasteiger partial charge in [0.15, 0.2) is 0 Å². The zero-order valence-electron chi connectivity index (χ0n) is 9.86. The van der Waals surface area contributed by atoms with Gasteiger partial charge < -0.3 is 14.9 Å². The molecule has 1 atom stereocenters. The van der Waals surface area contributed by atoms with Gasteiger partial charge in [0.2, 0.25) is 5.54 Å². The summed E-state index contributed by atoms with van der Waals surface area (Å²) in [5.74, 6) is -3.63. The molecule has 0 rings (SSSR count). The summed E-state index contributed by atoms with van der Waals surface area (Å²) >= 11 is 0. The monoisotopic (exact) mass is 247 g/mol. The van der Waals surface area contributed by atoms with Crippen molar-refractivity contribution in [1.82, 2.24) is 5.32 Å². The van der Waals surface area contributed by atoms with Crippen LogP contribution in [-0.4, -0.2) is 46.8 Å². The van der Waals surface area contributed by atoms with Crippen LogP contribution in [0.5, 0.6) is 0 Å². The minimum Gasteiger partial charge on any atom is -0.480 e. The molecule has 0 spiro atoms. The standard InChI is InChI=1S/C10H17NO6/c1-3-5-10(8(14)15,9(16)17-4-2)11-6-7(12)13/h11H,3-6H2,1-2H3,(H,12,13)(H,14,15). The Morgan fingerprint density at radius 2 is 1.82 bits per heavy atom. The SMILES string of the molecule is CCCC(NCC(=O)O)(C(=O)O)C(=O)OCC. The number of rotatable bonds is 8. The van der Waals surface area contributed by atoms with Gasteiger partial charge in [-0.1, -0.05) is 13.3 Å². The zero-order chi connectivity index (χ0) is 13.5. The van der Waals surface area contributed by atoms with Gasteiger partial charge in [-0.05, 0) is 13.3 Å². The summed E-state index contributed by atoms with van der Waals surface area (Å²) in [6.07, 6.45) is 0.367. The van der Waals surface area contributed by atoms with Crippen molar-refractivity contribution in [2.24, 2.45) is 0 Å². The van der Waals surface area contributed by atoms with Gasteiger partial charge in [-0.2, -0.15) is 0 Å². The number of hydrogen-bond acceptors (Lipinski definition) is 5. The first-order valence-electron chi connectivity index (χ1n) is 5.28. The highest BCUT2D eigenvalue weighted by Crippen LogP contribution is 2.16. The summed E-state index contributed by atoms with van der Waals surface area (Å²) in [5.41, 5.74) is -1.98. The molecule has 7 nitrogen and oxygen atoms in total. The first kappa shape index (κ1) is 15.4. The maximum atomic E-state index is 11.7. The average molecular weight is 247 g/mol. The van der Waals surface area contributed by atoms with E-state index in [0.29, 0.717) is 6.42 Å². The van der Waals surface area contributed by atoms with Crippen LogP contribution in [0.2, 0.25) is 0 Å². The average Bonchev–Trinajstić information content (AvgIpc) is 2.23. The molecular formula is C10H17NO6. The van der Waals surface area contributed by atoms with Crippen LogP contribution < -0.4 is 5.32 Å². The summed E-state index contributed by atoms with van der Waals surface area (Å²) in [6, 6.07) is 0. The van der Waals surface area contributed by atoms with Gasteiger partial charge in [0.1, 0.15) is 0 Å². The number of ether oxygens (including phenoxy) is 1. The van der Waals surface area contributed by atoms with Crippen LogP contribution in [0.4, 0.5) is 0 Å². The van der Waals surface area contributed by atoms with E-state index in [9.17, 15) is 14.4 Å². The predicted molar refractivity (Wildman–Crippen MR) is 57.5 cm³/mol. The molecule has 0 aromatic rings. The molecule has 98 valence electrons. The molecule has 0 aliphatic carbocycles. The highest BCUT2D eigenvalue weighted by Gasteiger charge is 2.47. The van der Waals surface area contributed by atoms with Gasteiger partial charge in [0.05, 0.1) is 13.2 Å². The second-order valence-electron chi connectivity index (χ2n) is 3.43. The highest BCUT2D eigenvalue weighted by atomic mass is 16.5. The first-order valence-corrected chi connectivity index (χ1v) is 5.28. The Labute approximate surface area is 98.8 Å². The lowest BCUT2D eigenvalue weighted by Crippen LogP contribution is -2.60. The lowest BCUT2D eigenvalue weighted by molar-refractivity contribution is -0.163. The van der Waals surface area contributed by atoms with E-state index in [0.717, 1.165) is 0 Å². The Balaban J connectivity index is 5.04. The molecule has 0 fully saturated rings. The third-order valence-corrected chi connectivity index (χ3v) is 2.16. The molecule has 0 heterocycles. The van der Waals surface area contributed by atoms with E-state index < -0.39 is 30.0 Å². The van der Waals surface area contributed by atoms with E-state index in [2.05, 4.69) is 10.1 Å². The Kier molecular flexibility index (Phi) is 6.19. The summed E-state index contributed by atoms with van der Waals surface area (Å²) in [5, 5.41) is 19.9. The minimum absolute atomic E-state index is 0.0333. The van der Waals surface area contributed by atoms with Crippen LogP contribution in [0.3, 0.4) is 0 Å². The molecule has 0 aromatic carbocycles. The summed E-state index contributed by atoms with van der Waals surface area (Å²) in [4.78, 5) is 33.3. The fourth-order valence-corrected chi connectivity index (χ4v) is 1.39. The molecule has 0 aromatic heterocycles. The van der Waals surface area contributed by atoms with Crippen molar-refractivity contribution in [3.63, 3.8) is 0 Å². The fourth-order valence-electron chi connectivity index (χ4n) is 1.39. The maximum absolute atomic E-state index is 11.7. The highest BCUT2D eigenvalue weighted by molar-refractivity contribution is 6.04. The van der Waals surface area contributed by atoms with Crippen molar-refractivity contribution in [3.05, 3.63) is 0 Å². The lowest BCUT2D eigenvalue weighted by atomic mass is 9.93. The lowest BCUT2D eigenvalue weighted by Gasteiger charge is -2.27. The molecule has 0 saturated carbocycles. The van der Waals surface area contributed by atoms with Crippen molar-refractivity contribution in [2.75, 3.05) is 13.2 Å². The van der Waals surface area contributed by atoms with E-state index in [1.54, 1.807) is 13.8 Å². The number of nitrogens with one attached hydrogen (secondary N) is 1. The summed E-state index contributed by atoms with van der Waals surface area (Å²) in [6.45, 7) is 2.66. The van der Waals surface area contributed by atoms with Crippen LogP contribution in [0.15, 0.2) is 0 Å². The quantitative estimate of drug-likeness (QED) is 0.403. The molecule has 0 amide bonds. The first-order chi connectivity index (χ1) is 7.90. The van der Waals surface area contributed by atoms with Crippen LogP contribution in [-0.2, 0) is 19.1 Å². The van der Waals surface area contributed by atoms with E-state index in [-0.39, 0.29) is 13.0 Å². The van der Waals surface area contributed by atoms with Crippen molar-refractivity contribution < 1.29 is 29.3 Å². The Morgan fingerprint density at radius 1 is 1.24 bits per heavy atom. The molecule has 7 heteroatoms. The van der Waals surface area contributed by atoms with Crippen LogP contribution >= 0.6 is 0 Å². The summed E-state index contributed by atoms with van der Waals surface area (Å²) < 4.78 is 4.68. The third-order valence-electron chi connectivity index (χ3n) is 2.16. The number of carbonyl (C=O) groups excluding carboxylic acids is 1. The van der Waals surface area contributed by atoms with E-state index in [1.807, 2.05) is 0 Å². The minimum atomic E-state index is -1.98. The van der Waals surface area contributed by atoms with Gasteiger partial charge in [0.25, 0.3) is 0 Å². The second-order valence-corrected chi connectivity index (χ2v) is 3.43. The van der Waals surface area contributed by atoms with Crippen LogP contribution in [0.1, 0.15) is 26.7 Å². The zero-order valence-corrected chi connectivity index (χ0v) is 9.86. The molecule has 17 heavy (non-hydrogen) atoms. The van der Waals surface area contributed by atoms with Gasteiger partial charge in [-0.15, -0.1) is 0 Å². The number of hydrogen-bond donors (Lipinski definition) is 3. The van der Waals surface area contributed by atoms with Crippen LogP contribution in [0.25, 0.3) is 0 Å². The second kappa shape index (κ2) is 6.85. The topological polar surface area (TPSA) is 113 Å². The maximum Gasteiger partial charge on any atom is 0.338 e. The fraction of sp³-hybridized carbons (Fsp3) is 0.700. The number of esters is 1. The van der Waals surface area contributed by atoms with E-state index in [1.165, 1.54) is 0 Å². The Bertz CT molecular complexity index is 303. The van der Waals surface area contributed by atoms with Gasteiger partial charge in [-0.3, -0.25) is 10.1 Å². The van der Waals surface area contributed by atoms with Crippen LogP contribution in [0, 0.1) is 0 Å². The molecular weight excluding hydrogens is 230 g/mol. The van der Waals surface area contributed by atoms with Crippen molar-refractivity contribution >= 4 is 17.9 Å². The van der Waals surface area contributed by atoms with Gasteiger partial charge in [-0.25, -0.2) is 9.59 Å². The van der Waals surface area contributed by atoms with Crippen molar-refractivity contribution in [1.29, 1.82) is 0 Å². The molecule has 0 bridgehead atoms. The number of carbonyl (C=O) groups is 3. The Morgan fingerprint density at radius 3 is 2.18 bits per heavy atom. The third kappa shape index (κ3) is 4.03. The number of carboxylic acids is 2. The molecule has 0 radical (unpaired) electrons. The van der Waals surface area contributed by atoms with Crippen molar-refractivity contribution in [2.45, 2.75) is 32.2 Å². The molecule has 3 N–H and O–H groups in total. The van der Waals surface area contributed by atoms with Gasteiger partial charge >= 0.3 is 17.9 Å². The largest absolute Gasteiger partial charge is 0.480 e. The molecule has 0 aliphatic rings. The van der Waals surface area contributed by atoms with Crippen molar-refractivity contribution in [3.8, 4) is 0 Å². The molecule has 0 aliphatic heterocycles. The number of carboxylic acid groups (broad SMARTS) is 2. The summed E-state index contributed by atoms with van der Waals surface area (Å²) in [7, 11) is 0. The van der Waals surface area contributed by atoms with E-state index in [4.69, 9.17) is 10.2 Å². The molecule has 1 unspecified atom stereocenters. The van der Waals surface area contributed by atoms with Gasteiger partial charge in [0, 0.05) is 0 Å². The smallest absolute Gasteiger partial charge is 0.338 e.